The number of quaternary nitrogens is 1. The first-order valence-corrected chi connectivity index (χ1v) is 9.66. The molecule has 1 aromatic rings. The molecule has 0 saturated carbocycles. The lowest BCUT2D eigenvalue weighted by Crippen LogP contribution is -2.99. The van der Waals surface area contributed by atoms with Crippen LogP contribution in [0.2, 0.25) is 0 Å². The number of benzene rings is 1. The van der Waals surface area contributed by atoms with Gasteiger partial charge in [0.05, 0.1) is 5.69 Å². The number of imide groups is 1. The van der Waals surface area contributed by atoms with E-state index in [1.54, 1.807) is 0 Å². The van der Waals surface area contributed by atoms with Gasteiger partial charge in [-0.05, 0) is 39.8 Å². The van der Waals surface area contributed by atoms with Crippen molar-refractivity contribution in [1.82, 2.24) is 4.90 Å². The van der Waals surface area contributed by atoms with Gasteiger partial charge in [-0.2, -0.15) is 0 Å². The van der Waals surface area contributed by atoms with E-state index < -0.39 is 22.9 Å². The summed E-state index contributed by atoms with van der Waals surface area (Å²) in [4.78, 5) is 41.5. The number of hydrogen-bond acceptors (Lipinski definition) is 3. The standard InChI is InChI=1S/C21H27N3O3/c1-10(2)16-14-15(18(26)24(17(14)25)20(4,5)6)21(23-16)12-9-11(3)7-8-13(12)22-19(21)27/h7-10,14-16,23H,1-6H3,(H,22,27)/p+1/t14-,15-,16+,21-/m0/s1. The number of carbonyl (C=O) groups is 3. The average Bonchev–Trinajstić information content (AvgIpc) is 3.13. The molecule has 0 radical (unpaired) electrons. The molecule has 4 atom stereocenters. The Morgan fingerprint density at radius 2 is 1.81 bits per heavy atom. The van der Waals surface area contributed by atoms with Crippen molar-refractivity contribution in [2.75, 3.05) is 5.32 Å². The van der Waals surface area contributed by atoms with Crippen LogP contribution in [0, 0.1) is 24.7 Å². The molecule has 3 N–H and O–H groups in total. The number of likely N-dealkylation sites (tertiary alicyclic amines) is 1. The molecular formula is C21H28N3O3+. The summed E-state index contributed by atoms with van der Waals surface area (Å²) in [5, 5.41) is 4.97. The fourth-order valence-corrected chi connectivity index (χ4v) is 5.27. The molecule has 2 fully saturated rings. The fourth-order valence-electron chi connectivity index (χ4n) is 5.27. The number of nitrogens with one attached hydrogen (secondary N) is 1. The zero-order valence-electron chi connectivity index (χ0n) is 16.8. The van der Waals surface area contributed by atoms with Crippen LogP contribution in [-0.2, 0) is 19.9 Å². The lowest BCUT2D eigenvalue weighted by Gasteiger charge is -2.33. The molecule has 3 amide bonds. The van der Waals surface area contributed by atoms with Gasteiger partial charge in [-0.15, -0.1) is 0 Å². The fraction of sp³-hybridized carbons (Fsp3) is 0.571. The molecule has 6 nitrogen and oxygen atoms in total. The van der Waals surface area contributed by atoms with Gasteiger partial charge in [0.15, 0.2) is 0 Å². The summed E-state index contributed by atoms with van der Waals surface area (Å²) in [5.74, 6) is -1.53. The Labute approximate surface area is 159 Å². The number of rotatable bonds is 1. The second kappa shape index (κ2) is 5.41. The van der Waals surface area contributed by atoms with Crippen molar-refractivity contribution in [3.63, 3.8) is 0 Å². The van der Waals surface area contributed by atoms with Crippen LogP contribution in [0.3, 0.4) is 0 Å². The Morgan fingerprint density at radius 1 is 1.15 bits per heavy atom. The number of fused-ring (bicyclic) bond motifs is 4. The molecular weight excluding hydrogens is 342 g/mol. The van der Waals surface area contributed by atoms with E-state index in [9.17, 15) is 14.4 Å². The third-order valence-corrected chi connectivity index (χ3v) is 6.40. The maximum Gasteiger partial charge on any atom is 0.291 e. The SMILES string of the molecule is Cc1ccc2c(c1)[C@@]1([NH2+][C@H](C(C)C)[C@H]3C(=O)N(C(C)(C)C)C(=O)[C@H]31)C(=O)N2. The van der Waals surface area contributed by atoms with Gasteiger partial charge < -0.3 is 10.6 Å². The van der Waals surface area contributed by atoms with Crippen molar-refractivity contribution < 1.29 is 19.7 Å². The van der Waals surface area contributed by atoms with Crippen LogP contribution in [0.15, 0.2) is 18.2 Å². The van der Waals surface area contributed by atoms with Crippen molar-refractivity contribution in [3.05, 3.63) is 29.3 Å². The molecule has 3 aliphatic heterocycles. The molecule has 3 aliphatic rings. The van der Waals surface area contributed by atoms with Crippen LogP contribution in [0.4, 0.5) is 5.69 Å². The zero-order chi connectivity index (χ0) is 19.9. The highest BCUT2D eigenvalue weighted by atomic mass is 16.2. The molecule has 0 unspecified atom stereocenters. The number of hydrogen-bond donors (Lipinski definition) is 2. The van der Waals surface area contributed by atoms with E-state index in [0.29, 0.717) is 0 Å². The number of nitrogens with two attached hydrogens (primary N) is 1. The quantitative estimate of drug-likeness (QED) is 0.728. The van der Waals surface area contributed by atoms with Crippen molar-refractivity contribution >= 4 is 23.4 Å². The molecule has 144 valence electrons. The lowest BCUT2D eigenvalue weighted by atomic mass is 9.75. The molecule has 6 heteroatoms. The number of anilines is 1. The van der Waals surface area contributed by atoms with Crippen LogP contribution in [-0.4, -0.2) is 34.2 Å². The van der Waals surface area contributed by atoms with E-state index >= 15 is 0 Å². The summed E-state index contributed by atoms with van der Waals surface area (Å²) < 4.78 is 0. The van der Waals surface area contributed by atoms with Gasteiger partial charge in [0.1, 0.15) is 17.9 Å². The summed E-state index contributed by atoms with van der Waals surface area (Å²) in [5.41, 5.74) is 0.952. The van der Waals surface area contributed by atoms with E-state index in [0.717, 1.165) is 16.8 Å². The van der Waals surface area contributed by atoms with E-state index in [4.69, 9.17) is 0 Å². The second-order valence-electron chi connectivity index (χ2n) is 9.55. The second-order valence-corrected chi connectivity index (χ2v) is 9.55. The lowest BCUT2D eigenvalue weighted by molar-refractivity contribution is -0.738. The van der Waals surface area contributed by atoms with Gasteiger partial charge in [-0.1, -0.05) is 25.5 Å². The minimum absolute atomic E-state index is 0.115. The first-order valence-electron chi connectivity index (χ1n) is 9.66. The zero-order valence-corrected chi connectivity index (χ0v) is 16.8. The van der Waals surface area contributed by atoms with Gasteiger partial charge in [-0.25, -0.2) is 0 Å². The normalized spacial score (nSPS) is 32.5. The number of amides is 3. The molecule has 1 spiro atoms. The summed E-state index contributed by atoms with van der Waals surface area (Å²) in [6.07, 6.45) is 0. The predicted molar refractivity (Wildman–Crippen MR) is 101 cm³/mol. The smallest absolute Gasteiger partial charge is 0.291 e. The largest absolute Gasteiger partial charge is 0.326 e. The molecule has 3 heterocycles. The Kier molecular flexibility index (Phi) is 3.64. The average molecular weight is 370 g/mol. The van der Waals surface area contributed by atoms with Gasteiger partial charge in [-0.3, -0.25) is 19.3 Å². The molecule has 0 bridgehead atoms. The van der Waals surface area contributed by atoms with Crippen molar-refractivity contribution in [3.8, 4) is 0 Å². The summed E-state index contributed by atoms with van der Waals surface area (Å²) in [7, 11) is 0. The van der Waals surface area contributed by atoms with Crippen LogP contribution < -0.4 is 10.6 Å². The first kappa shape index (κ1) is 18.2. The van der Waals surface area contributed by atoms with E-state index in [-0.39, 0.29) is 29.7 Å². The molecule has 0 aliphatic carbocycles. The summed E-state index contributed by atoms with van der Waals surface area (Å²) in [6, 6.07) is 5.72. The molecule has 0 aromatic heterocycles. The Balaban J connectivity index is 1.95. The Bertz CT molecular complexity index is 870. The van der Waals surface area contributed by atoms with Crippen LogP contribution in [0.25, 0.3) is 0 Å². The van der Waals surface area contributed by atoms with Gasteiger partial charge >= 0.3 is 0 Å². The van der Waals surface area contributed by atoms with Gasteiger partial charge in [0.25, 0.3) is 5.91 Å². The van der Waals surface area contributed by atoms with E-state index in [1.807, 2.05) is 51.2 Å². The highest BCUT2D eigenvalue weighted by molar-refractivity contribution is 6.14. The molecule has 2 saturated heterocycles. The highest BCUT2D eigenvalue weighted by Crippen LogP contribution is 2.51. The first-order chi connectivity index (χ1) is 12.5. The third-order valence-electron chi connectivity index (χ3n) is 6.40. The maximum atomic E-state index is 13.5. The number of carbonyl (C=O) groups excluding carboxylic acids is 3. The van der Waals surface area contributed by atoms with Crippen molar-refractivity contribution in [1.29, 1.82) is 0 Å². The predicted octanol–water partition coefficient (Wildman–Crippen LogP) is 1.14. The van der Waals surface area contributed by atoms with Crippen LogP contribution in [0.5, 0.6) is 0 Å². The number of nitrogens with zero attached hydrogens (tertiary/aromatic N) is 1. The van der Waals surface area contributed by atoms with Gasteiger partial charge in [0, 0.05) is 17.0 Å². The van der Waals surface area contributed by atoms with Crippen LogP contribution >= 0.6 is 0 Å². The molecule has 4 rings (SSSR count). The minimum Gasteiger partial charge on any atom is -0.326 e. The summed E-state index contributed by atoms with van der Waals surface area (Å²) in [6.45, 7) is 11.7. The van der Waals surface area contributed by atoms with Crippen molar-refractivity contribution in [2.24, 2.45) is 17.8 Å². The van der Waals surface area contributed by atoms with E-state index in [2.05, 4.69) is 19.2 Å². The van der Waals surface area contributed by atoms with Crippen LogP contribution in [0.1, 0.15) is 45.7 Å². The minimum atomic E-state index is -1.06. The molecule has 27 heavy (non-hydrogen) atoms. The van der Waals surface area contributed by atoms with Crippen molar-refractivity contribution in [2.45, 2.75) is 58.7 Å². The highest BCUT2D eigenvalue weighted by Gasteiger charge is 2.75. The topological polar surface area (TPSA) is 83.1 Å². The van der Waals surface area contributed by atoms with E-state index in [1.165, 1.54) is 4.90 Å². The monoisotopic (exact) mass is 370 g/mol. The maximum absolute atomic E-state index is 13.5. The number of aryl methyl sites for hydroxylation is 1. The third kappa shape index (κ3) is 2.19. The summed E-state index contributed by atoms with van der Waals surface area (Å²) >= 11 is 0. The molecule has 1 aromatic carbocycles. The Hall–Kier alpha value is -2.21. The Morgan fingerprint density at radius 3 is 2.41 bits per heavy atom. The van der Waals surface area contributed by atoms with Gasteiger partial charge in [0.2, 0.25) is 17.4 Å².